The van der Waals surface area contributed by atoms with E-state index in [1.165, 1.54) is 16.7 Å². The first-order valence-corrected chi connectivity index (χ1v) is 8.79. The van der Waals surface area contributed by atoms with E-state index < -0.39 is 8.80 Å². The molecule has 0 bridgehead atoms. The maximum Gasteiger partial charge on any atom is 0.0436 e. The second-order valence-electron chi connectivity index (χ2n) is 5.11. The minimum atomic E-state index is -0.624. The van der Waals surface area contributed by atoms with E-state index in [1.54, 1.807) is 11.1 Å². The van der Waals surface area contributed by atoms with Gasteiger partial charge in [0.25, 0.3) is 0 Å². The molecule has 1 atom stereocenters. The fourth-order valence-corrected chi connectivity index (χ4v) is 4.52. The largest absolute Gasteiger partial charge is 0.0765 e. The molecule has 80 valence electrons. The van der Waals surface area contributed by atoms with Crippen LogP contribution >= 0.6 is 0 Å². The molecule has 0 spiro atoms. The molecule has 0 amide bonds. The molecule has 0 saturated heterocycles. The van der Waals surface area contributed by atoms with Gasteiger partial charge in [0.2, 0.25) is 0 Å². The molecule has 0 aliphatic heterocycles. The number of fused-ring (bicyclic) bond motifs is 1. The first kappa shape index (κ1) is 10.7. The van der Waals surface area contributed by atoms with E-state index >= 15 is 0 Å². The van der Waals surface area contributed by atoms with E-state index in [4.69, 9.17) is 0 Å². The van der Waals surface area contributed by atoms with Crippen molar-refractivity contribution in [1.29, 1.82) is 0 Å². The van der Waals surface area contributed by atoms with Crippen LogP contribution < -0.4 is 0 Å². The van der Waals surface area contributed by atoms with Crippen LogP contribution in [0.15, 0.2) is 18.2 Å². The topological polar surface area (TPSA) is 0 Å². The Bertz CT molecular complexity index is 427. The molecule has 0 N–H and O–H groups in total. The van der Waals surface area contributed by atoms with E-state index in [1.807, 2.05) is 0 Å². The molecule has 0 fully saturated rings. The number of aryl methyl sites for hydroxylation is 2. The molecule has 15 heavy (non-hydrogen) atoms. The Balaban J connectivity index is 2.66. The second kappa shape index (κ2) is 3.64. The van der Waals surface area contributed by atoms with Crippen molar-refractivity contribution in [3.05, 3.63) is 40.5 Å². The average molecular weight is 216 g/mol. The summed E-state index contributed by atoms with van der Waals surface area (Å²) in [4.78, 5) is 0. The molecule has 1 unspecified atom stereocenters. The highest BCUT2D eigenvalue weighted by Crippen LogP contribution is 2.40. The van der Waals surface area contributed by atoms with Crippen LogP contribution in [0, 0.1) is 13.8 Å². The molecular formula is C14H20Si. The highest BCUT2D eigenvalue weighted by atomic mass is 28.3. The Morgan fingerprint density at radius 1 is 1.00 bits per heavy atom. The quantitative estimate of drug-likeness (QED) is 0.626. The summed E-state index contributed by atoms with van der Waals surface area (Å²) in [6, 6.07) is 4.54. The number of benzene rings is 1. The minimum Gasteiger partial charge on any atom is -0.0765 e. The fraction of sp³-hybridized carbons (Fsp3) is 0.429. The third-order valence-electron chi connectivity index (χ3n) is 3.55. The van der Waals surface area contributed by atoms with E-state index in [0.717, 1.165) is 5.54 Å². The Hall–Kier alpha value is -0.823. The van der Waals surface area contributed by atoms with Crippen LogP contribution in [0.1, 0.15) is 34.7 Å². The summed E-state index contributed by atoms with van der Waals surface area (Å²) in [7, 11) is -0.624. The summed E-state index contributed by atoms with van der Waals surface area (Å²) >= 11 is 0. The maximum absolute atomic E-state index is 2.50. The summed E-state index contributed by atoms with van der Waals surface area (Å²) in [6.45, 7) is 11.7. The molecule has 1 aromatic rings. The van der Waals surface area contributed by atoms with Gasteiger partial charge in [-0.15, -0.1) is 0 Å². The molecule has 1 aliphatic rings. The van der Waals surface area contributed by atoms with Gasteiger partial charge in [0.15, 0.2) is 0 Å². The number of allylic oxidation sites excluding steroid dienone is 2. The van der Waals surface area contributed by atoms with Gasteiger partial charge >= 0.3 is 0 Å². The van der Waals surface area contributed by atoms with Crippen LogP contribution in [-0.4, -0.2) is 8.80 Å². The first-order valence-electron chi connectivity index (χ1n) is 5.81. The van der Waals surface area contributed by atoms with Crippen LogP contribution in [0.2, 0.25) is 13.1 Å². The zero-order chi connectivity index (χ0) is 11.2. The first-order chi connectivity index (χ1) is 7.02. The maximum atomic E-state index is 2.50. The van der Waals surface area contributed by atoms with Crippen molar-refractivity contribution in [2.24, 2.45) is 0 Å². The van der Waals surface area contributed by atoms with Crippen molar-refractivity contribution >= 4 is 14.4 Å². The summed E-state index contributed by atoms with van der Waals surface area (Å²) in [5.74, 6) is 0. The van der Waals surface area contributed by atoms with Gasteiger partial charge < -0.3 is 0 Å². The van der Waals surface area contributed by atoms with Crippen molar-refractivity contribution in [2.75, 3.05) is 0 Å². The molecular weight excluding hydrogens is 196 g/mol. The van der Waals surface area contributed by atoms with Crippen molar-refractivity contribution in [2.45, 2.75) is 39.4 Å². The van der Waals surface area contributed by atoms with Crippen LogP contribution in [-0.2, 0) is 0 Å². The summed E-state index contributed by atoms with van der Waals surface area (Å²) in [6.07, 6.45) is 2.50. The molecule has 2 rings (SSSR count). The Kier molecular flexibility index (Phi) is 2.59. The summed E-state index contributed by atoms with van der Waals surface area (Å²) in [5.41, 5.74) is 8.36. The Labute approximate surface area is 94.6 Å². The molecule has 1 aromatic carbocycles. The third kappa shape index (κ3) is 1.59. The summed E-state index contributed by atoms with van der Waals surface area (Å²) < 4.78 is 0. The molecule has 0 heterocycles. The van der Waals surface area contributed by atoms with Gasteiger partial charge in [0.05, 0.1) is 0 Å². The van der Waals surface area contributed by atoms with Gasteiger partial charge in [-0.1, -0.05) is 31.3 Å². The van der Waals surface area contributed by atoms with E-state index in [0.29, 0.717) is 0 Å². The number of rotatable bonds is 1. The van der Waals surface area contributed by atoms with Crippen molar-refractivity contribution in [1.82, 2.24) is 0 Å². The Morgan fingerprint density at radius 3 is 2.20 bits per heavy atom. The zero-order valence-corrected chi connectivity index (χ0v) is 11.5. The van der Waals surface area contributed by atoms with Gasteiger partial charge in [0, 0.05) is 8.80 Å². The smallest absolute Gasteiger partial charge is 0.0436 e. The molecule has 0 nitrogen and oxygen atoms in total. The lowest BCUT2D eigenvalue weighted by Crippen LogP contribution is -2.13. The summed E-state index contributed by atoms with van der Waals surface area (Å²) in [5, 5.41) is 0. The molecule has 1 aliphatic carbocycles. The standard InChI is InChI=1S/C14H20Si/c1-9-6-7-10(2)14-12(15(4)5)8-11(3)13(9)14/h6-8,12,15H,1-5H3. The predicted octanol–water partition coefficient (Wildman–Crippen LogP) is 3.83. The van der Waals surface area contributed by atoms with Gasteiger partial charge in [0.1, 0.15) is 0 Å². The highest BCUT2D eigenvalue weighted by molar-refractivity contribution is 6.58. The molecule has 0 radical (unpaired) electrons. The van der Waals surface area contributed by atoms with Gasteiger partial charge in [-0.2, -0.15) is 0 Å². The Morgan fingerprint density at radius 2 is 1.60 bits per heavy atom. The lowest BCUT2D eigenvalue weighted by molar-refractivity contribution is 1.15. The van der Waals surface area contributed by atoms with Crippen molar-refractivity contribution in [3.8, 4) is 0 Å². The van der Waals surface area contributed by atoms with Crippen molar-refractivity contribution < 1.29 is 0 Å². The van der Waals surface area contributed by atoms with Gasteiger partial charge in [-0.3, -0.25) is 0 Å². The monoisotopic (exact) mass is 216 g/mol. The number of hydrogen-bond acceptors (Lipinski definition) is 0. The minimum absolute atomic E-state index is 0.624. The van der Waals surface area contributed by atoms with Crippen LogP contribution in [0.4, 0.5) is 0 Å². The SMILES string of the molecule is CC1=CC([SiH](C)C)c2c(C)ccc(C)c21. The molecule has 0 saturated carbocycles. The second-order valence-corrected chi connectivity index (χ2v) is 8.31. The molecule has 1 heteroatoms. The lowest BCUT2D eigenvalue weighted by Gasteiger charge is -2.17. The highest BCUT2D eigenvalue weighted by Gasteiger charge is 2.26. The van der Waals surface area contributed by atoms with Crippen LogP contribution in [0.5, 0.6) is 0 Å². The predicted molar refractivity (Wildman–Crippen MR) is 71.2 cm³/mol. The van der Waals surface area contributed by atoms with E-state index in [-0.39, 0.29) is 0 Å². The lowest BCUT2D eigenvalue weighted by atomic mass is 9.97. The van der Waals surface area contributed by atoms with Gasteiger partial charge in [-0.25, -0.2) is 0 Å². The van der Waals surface area contributed by atoms with E-state index in [9.17, 15) is 0 Å². The van der Waals surface area contributed by atoms with Crippen LogP contribution in [0.3, 0.4) is 0 Å². The van der Waals surface area contributed by atoms with Crippen molar-refractivity contribution in [3.63, 3.8) is 0 Å². The van der Waals surface area contributed by atoms with Gasteiger partial charge in [-0.05, 0) is 54.1 Å². The zero-order valence-electron chi connectivity index (χ0n) is 10.4. The normalized spacial score (nSPS) is 19.3. The fourth-order valence-electron chi connectivity index (χ4n) is 2.75. The van der Waals surface area contributed by atoms with Crippen LogP contribution in [0.25, 0.3) is 5.57 Å². The average Bonchev–Trinajstić information content (AvgIpc) is 2.51. The number of hydrogen-bond donors (Lipinski definition) is 0. The molecule has 0 aromatic heterocycles. The van der Waals surface area contributed by atoms with E-state index in [2.05, 4.69) is 52.1 Å². The third-order valence-corrected chi connectivity index (χ3v) is 5.51.